The lowest BCUT2D eigenvalue weighted by molar-refractivity contribution is -0.142. The van der Waals surface area contributed by atoms with Crippen LogP contribution in [0.4, 0.5) is 0 Å². The van der Waals surface area contributed by atoms with Crippen LogP contribution in [0.3, 0.4) is 0 Å². The van der Waals surface area contributed by atoms with Gasteiger partial charge in [-0.2, -0.15) is 0 Å². The highest BCUT2D eigenvalue weighted by molar-refractivity contribution is 5.86. The van der Waals surface area contributed by atoms with Gasteiger partial charge in [0.25, 0.3) is 0 Å². The standard InChI is InChI=1S/C12H20O3/c1-5-7-8-14-11(6-2)9-15-12(13)10(3)4/h6,11H,2-3,5,7-9H2,1,4H3. The summed E-state index contributed by atoms with van der Waals surface area (Å²) in [6.45, 7) is 11.7. The van der Waals surface area contributed by atoms with Gasteiger partial charge < -0.3 is 9.47 Å². The van der Waals surface area contributed by atoms with E-state index in [4.69, 9.17) is 9.47 Å². The van der Waals surface area contributed by atoms with Gasteiger partial charge in [0, 0.05) is 12.2 Å². The maximum absolute atomic E-state index is 11.1. The van der Waals surface area contributed by atoms with Crippen molar-refractivity contribution >= 4 is 5.97 Å². The van der Waals surface area contributed by atoms with E-state index in [9.17, 15) is 4.79 Å². The van der Waals surface area contributed by atoms with Crippen molar-refractivity contribution in [3.8, 4) is 0 Å². The lowest BCUT2D eigenvalue weighted by Crippen LogP contribution is -2.20. The Labute approximate surface area is 91.8 Å². The molecule has 0 aromatic rings. The number of rotatable bonds is 8. The number of unbranched alkanes of at least 4 members (excludes halogenated alkanes) is 1. The Morgan fingerprint density at radius 2 is 2.20 bits per heavy atom. The molecule has 1 unspecified atom stereocenters. The first kappa shape index (κ1) is 13.9. The van der Waals surface area contributed by atoms with Crippen LogP contribution >= 0.6 is 0 Å². The SMILES string of the molecule is C=CC(COC(=O)C(=C)C)OCCCC. The summed E-state index contributed by atoms with van der Waals surface area (Å²) in [6.07, 6.45) is 3.50. The zero-order valence-corrected chi connectivity index (χ0v) is 9.62. The third-order valence-electron chi connectivity index (χ3n) is 1.82. The first-order chi connectivity index (χ1) is 7.11. The van der Waals surface area contributed by atoms with Crippen molar-refractivity contribution < 1.29 is 14.3 Å². The summed E-state index contributed by atoms with van der Waals surface area (Å²) in [4.78, 5) is 11.1. The molecule has 0 aromatic heterocycles. The minimum Gasteiger partial charge on any atom is -0.459 e. The van der Waals surface area contributed by atoms with Crippen LogP contribution in [0.2, 0.25) is 0 Å². The van der Waals surface area contributed by atoms with Crippen LogP contribution in [-0.4, -0.2) is 25.3 Å². The number of carbonyl (C=O) groups is 1. The molecule has 0 heterocycles. The lowest BCUT2D eigenvalue weighted by Gasteiger charge is -2.13. The summed E-state index contributed by atoms with van der Waals surface area (Å²) in [6, 6.07) is 0. The van der Waals surface area contributed by atoms with Crippen molar-refractivity contribution in [3.63, 3.8) is 0 Å². The first-order valence-corrected chi connectivity index (χ1v) is 5.18. The predicted molar refractivity (Wildman–Crippen MR) is 60.6 cm³/mol. The van der Waals surface area contributed by atoms with Crippen molar-refractivity contribution in [3.05, 3.63) is 24.8 Å². The van der Waals surface area contributed by atoms with Crippen LogP contribution in [0.15, 0.2) is 24.8 Å². The molecule has 0 saturated carbocycles. The van der Waals surface area contributed by atoms with Crippen LogP contribution < -0.4 is 0 Å². The molecule has 3 heteroatoms. The number of esters is 1. The van der Waals surface area contributed by atoms with Gasteiger partial charge in [0.2, 0.25) is 0 Å². The molecule has 0 fully saturated rings. The van der Waals surface area contributed by atoms with Crippen molar-refractivity contribution in [2.24, 2.45) is 0 Å². The average Bonchev–Trinajstić information content (AvgIpc) is 2.22. The van der Waals surface area contributed by atoms with Gasteiger partial charge in [-0.25, -0.2) is 4.79 Å². The largest absolute Gasteiger partial charge is 0.459 e. The fraction of sp³-hybridized carbons (Fsp3) is 0.583. The van der Waals surface area contributed by atoms with Gasteiger partial charge in [-0.05, 0) is 13.3 Å². The molecular weight excluding hydrogens is 192 g/mol. The van der Waals surface area contributed by atoms with Crippen molar-refractivity contribution in [1.82, 2.24) is 0 Å². The molecule has 3 nitrogen and oxygen atoms in total. The van der Waals surface area contributed by atoms with Gasteiger partial charge in [-0.1, -0.05) is 26.0 Å². The molecule has 0 radical (unpaired) electrons. The van der Waals surface area contributed by atoms with E-state index in [2.05, 4.69) is 20.1 Å². The first-order valence-electron chi connectivity index (χ1n) is 5.18. The number of carbonyl (C=O) groups excluding carboxylic acids is 1. The molecule has 0 aliphatic carbocycles. The summed E-state index contributed by atoms with van der Waals surface area (Å²) >= 11 is 0. The number of ether oxygens (including phenoxy) is 2. The van der Waals surface area contributed by atoms with Gasteiger partial charge in [-0.3, -0.25) is 0 Å². The zero-order valence-electron chi connectivity index (χ0n) is 9.62. The monoisotopic (exact) mass is 212 g/mol. The highest BCUT2D eigenvalue weighted by Crippen LogP contribution is 2.00. The maximum Gasteiger partial charge on any atom is 0.333 e. The smallest absolute Gasteiger partial charge is 0.333 e. The Morgan fingerprint density at radius 1 is 1.53 bits per heavy atom. The van der Waals surface area contributed by atoms with Crippen molar-refractivity contribution in [1.29, 1.82) is 0 Å². The summed E-state index contributed by atoms with van der Waals surface area (Å²) in [5, 5.41) is 0. The molecule has 0 saturated heterocycles. The van der Waals surface area contributed by atoms with Crippen molar-refractivity contribution in [2.45, 2.75) is 32.8 Å². The molecule has 1 atom stereocenters. The second-order valence-electron chi connectivity index (χ2n) is 3.38. The van der Waals surface area contributed by atoms with E-state index < -0.39 is 0 Å². The van der Waals surface area contributed by atoms with Crippen molar-refractivity contribution in [2.75, 3.05) is 13.2 Å². The minimum atomic E-state index is -0.388. The quantitative estimate of drug-likeness (QED) is 0.268. The Balaban J connectivity index is 3.74. The highest BCUT2D eigenvalue weighted by Gasteiger charge is 2.08. The van der Waals surface area contributed by atoms with Gasteiger partial charge in [0.05, 0.1) is 0 Å². The van der Waals surface area contributed by atoms with Gasteiger partial charge >= 0.3 is 5.97 Å². The third kappa shape index (κ3) is 6.91. The molecule has 0 aliphatic heterocycles. The van der Waals surface area contributed by atoms with Gasteiger partial charge in [-0.15, -0.1) is 6.58 Å². The van der Waals surface area contributed by atoms with E-state index in [1.54, 1.807) is 13.0 Å². The van der Waals surface area contributed by atoms with E-state index in [1.165, 1.54) is 0 Å². The molecule has 0 amide bonds. The maximum atomic E-state index is 11.1. The summed E-state index contributed by atoms with van der Waals surface area (Å²) in [5.41, 5.74) is 0.395. The van der Waals surface area contributed by atoms with Crippen LogP contribution in [-0.2, 0) is 14.3 Å². The predicted octanol–water partition coefficient (Wildman–Crippen LogP) is 2.48. The summed E-state index contributed by atoms with van der Waals surface area (Å²) < 4.78 is 10.4. The van der Waals surface area contributed by atoms with Crippen LogP contribution in [0.5, 0.6) is 0 Å². The fourth-order valence-corrected chi connectivity index (χ4v) is 0.844. The molecule has 0 N–H and O–H groups in total. The average molecular weight is 212 g/mol. The van der Waals surface area contributed by atoms with E-state index in [0.29, 0.717) is 12.2 Å². The second-order valence-corrected chi connectivity index (χ2v) is 3.38. The minimum absolute atomic E-state index is 0.207. The van der Waals surface area contributed by atoms with E-state index in [0.717, 1.165) is 12.8 Å². The molecule has 0 aliphatic rings. The van der Waals surface area contributed by atoms with Crippen LogP contribution in [0, 0.1) is 0 Å². The normalized spacial score (nSPS) is 11.9. The molecule has 0 rings (SSSR count). The number of hydrogen-bond acceptors (Lipinski definition) is 3. The Hall–Kier alpha value is -1.09. The van der Waals surface area contributed by atoms with E-state index >= 15 is 0 Å². The Bertz CT molecular complexity index is 221. The van der Waals surface area contributed by atoms with Crippen LogP contribution in [0.25, 0.3) is 0 Å². The fourth-order valence-electron chi connectivity index (χ4n) is 0.844. The second kappa shape index (κ2) is 8.24. The number of hydrogen-bond donors (Lipinski definition) is 0. The molecule has 86 valence electrons. The topological polar surface area (TPSA) is 35.5 Å². The molecule has 0 bridgehead atoms. The lowest BCUT2D eigenvalue weighted by atomic mass is 10.3. The molecular formula is C12H20O3. The van der Waals surface area contributed by atoms with Gasteiger partial charge in [0.15, 0.2) is 0 Å². The summed E-state index contributed by atoms with van der Waals surface area (Å²) in [5.74, 6) is -0.388. The third-order valence-corrected chi connectivity index (χ3v) is 1.82. The molecule has 0 spiro atoms. The molecule has 15 heavy (non-hydrogen) atoms. The zero-order chi connectivity index (χ0) is 11.7. The van der Waals surface area contributed by atoms with Crippen LogP contribution in [0.1, 0.15) is 26.7 Å². The highest BCUT2D eigenvalue weighted by atomic mass is 16.6. The van der Waals surface area contributed by atoms with Gasteiger partial charge in [0.1, 0.15) is 12.7 Å². The molecule has 0 aromatic carbocycles. The summed E-state index contributed by atoms with van der Waals surface area (Å²) in [7, 11) is 0. The Kier molecular flexibility index (Phi) is 7.64. The van der Waals surface area contributed by atoms with E-state index in [1.807, 2.05) is 0 Å². The van der Waals surface area contributed by atoms with E-state index in [-0.39, 0.29) is 18.7 Å². The Morgan fingerprint density at radius 3 is 2.67 bits per heavy atom.